The van der Waals surface area contributed by atoms with Crippen LogP contribution in [0.15, 0.2) is 53.7 Å². The lowest BCUT2D eigenvalue weighted by Crippen LogP contribution is -2.41. The number of hydrogen-bond acceptors (Lipinski definition) is 5. The minimum absolute atomic E-state index is 0.183. The van der Waals surface area contributed by atoms with Crippen LogP contribution in [0.5, 0.6) is 5.75 Å². The molecule has 7 nitrogen and oxygen atoms in total. The first-order valence-corrected chi connectivity index (χ1v) is 13.4. The van der Waals surface area contributed by atoms with Gasteiger partial charge in [0.1, 0.15) is 10.7 Å². The van der Waals surface area contributed by atoms with E-state index in [1.807, 2.05) is 12.1 Å². The highest BCUT2D eigenvalue weighted by atomic mass is 32.2. The summed E-state index contributed by atoms with van der Waals surface area (Å²) in [4.78, 5) is 2.64. The average molecular weight is 519 g/mol. The van der Waals surface area contributed by atoms with E-state index in [4.69, 9.17) is 4.74 Å². The summed E-state index contributed by atoms with van der Waals surface area (Å²) in [5.74, 6) is 0.506. The van der Waals surface area contributed by atoms with Gasteiger partial charge < -0.3 is 9.64 Å². The molecule has 0 amide bonds. The van der Waals surface area contributed by atoms with Gasteiger partial charge in [-0.1, -0.05) is 12.1 Å². The molecule has 1 aromatic heterocycles. The van der Waals surface area contributed by atoms with Crippen molar-refractivity contribution in [3.05, 3.63) is 77.1 Å². The van der Waals surface area contributed by atoms with Gasteiger partial charge in [-0.2, -0.15) is 5.10 Å². The van der Waals surface area contributed by atoms with Gasteiger partial charge in [-0.15, -0.1) is 0 Å². The second-order valence-electron chi connectivity index (χ2n) is 9.30. The van der Waals surface area contributed by atoms with Gasteiger partial charge in [0, 0.05) is 19.8 Å². The summed E-state index contributed by atoms with van der Waals surface area (Å²) in [5, 5.41) is 3.73. The van der Waals surface area contributed by atoms with E-state index in [2.05, 4.69) is 14.7 Å². The normalized spacial score (nSPS) is 19.2. The molecular weight excluding hydrogens is 486 g/mol. The highest BCUT2D eigenvalue weighted by molar-refractivity contribution is 7.89. The van der Waals surface area contributed by atoms with Gasteiger partial charge in [-0.3, -0.25) is 4.68 Å². The number of hydrogen-bond donors (Lipinski definition) is 1. The highest BCUT2D eigenvalue weighted by Crippen LogP contribution is 2.43. The zero-order valence-corrected chi connectivity index (χ0v) is 21.6. The maximum absolute atomic E-state index is 14.1. The molecule has 1 aliphatic heterocycles. The summed E-state index contributed by atoms with van der Waals surface area (Å²) in [6.07, 6.45) is 5.65. The Morgan fingerprint density at radius 2 is 1.97 bits per heavy atom. The molecule has 5 rings (SSSR count). The molecule has 0 saturated carbocycles. The summed E-state index contributed by atoms with van der Waals surface area (Å²) < 4.78 is 58.7. The van der Waals surface area contributed by atoms with Crippen molar-refractivity contribution < 1.29 is 21.9 Å². The molecule has 0 bridgehead atoms. The first kappa shape index (κ1) is 26.2. The van der Waals surface area contributed by atoms with E-state index in [1.54, 1.807) is 25.2 Å². The number of aromatic nitrogens is 2. The van der Waals surface area contributed by atoms with Crippen molar-refractivity contribution in [2.45, 2.75) is 30.1 Å². The number of benzene rings is 2. The van der Waals surface area contributed by atoms with Gasteiger partial charge in [0.2, 0.25) is 10.0 Å². The first-order chi connectivity index (χ1) is 17.2. The largest absolute Gasteiger partial charge is 0.494 e. The molecule has 194 valence electrons. The third-order valence-electron chi connectivity index (χ3n) is 6.91. The Morgan fingerprint density at radius 1 is 1.19 bits per heavy atom. The monoisotopic (exact) mass is 518 g/mol. The number of sulfonamides is 1. The number of nitrogens with one attached hydrogen (secondary N) is 1. The van der Waals surface area contributed by atoms with Gasteiger partial charge in [0.15, 0.2) is 11.6 Å². The topological polar surface area (TPSA) is 76.5 Å². The molecule has 2 aliphatic rings. The SMILES string of the molecule is CNS(=O)(=O)c1cnn(C)c1.COc1cc2c(cc1F)CC(CN1CCC1)C2Cc1cccc(F)c1. The second-order valence-corrected chi connectivity index (χ2v) is 11.2. The van der Waals surface area contributed by atoms with Crippen molar-refractivity contribution in [2.75, 3.05) is 33.8 Å². The van der Waals surface area contributed by atoms with Gasteiger partial charge >= 0.3 is 0 Å². The van der Waals surface area contributed by atoms with E-state index >= 15 is 0 Å². The van der Waals surface area contributed by atoms with Gasteiger partial charge in [-0.25, -0.2) is 21.9 Å². The molecule has 1 saturated heterocycles. The van der Waals surface area contributed by atoms with Crippen LogP contribution in [0.25, 0.3) is 0 Å². The van der Waals surface area contributed by atoms with E-state index in [-0.39, 0.29) is 22.4 Å². The Labute approximate surface area is 211 Å². The second kappa shape index (κ2) is 11.1. The van der Waals surface area contributed by atoms with Crippen LogP contribution in [0.2, 0.25) is 0 Å². The molecule has 2 heterocycles. The molecule has 0 radical (unpaired) electrons. The standard InChI is InChI=1S/C21H23F2NO.C5H9N3O2S/c1-25-21-12-19-15(11-20(21)23)10-16(13-24-6-3-7-24)18(19)9-14-4-2-5-17(22)8-14;1-6-11(9,10)5-3-7-8(2)4-5/h2,4-5,8,11-12,16,18H,3,6-7,9-10,13H2,1H3;3-4,6H,1-2H3. The lowest BCUT2D eigenvalue weighted by Gasteiger charge is -2.35. The van der Waals surface area contributed by atoms with E-state index in [0.29, 0.717) is 11.7 Å². The number of rotatable bonds is 7. The van der Waals surface area contributed by atoms with E-state index in [0.717, 1.165) is 49.2 Å². The van der Waals surface area contributed by atoms with Crippen molar-refractivity contribution in [3.63, 3.8) is 0 Å². The summed E-state index contributed by atoms with van der Waals surface area (Å²) >= 11 is 0. The summed E-state index contributed by atoms with van der Waals surface area (Å²) in [5.41, 5.74) is 3.23. The summed E-state index contributed by atoms with van der Waals surface area (Å²) in [6.45, 7) is 3.33. The fourth-order valence-electron chi connectivity index (χ4n) is 4.90. The van der Waals surface area contributed by atoms with Crippen LogP contribution in [0, 0.1) is 17.6 Å². The third-order valence-corrected chi connectivity index (χ3v) is 8.28. The number of ether oxygens (including phenoxy) is 1. The van der Waals surface area contributed by atoms with Crippen LogP contribution in [-0.4, -0.2) is 56.9 Å². The number of fused-ring (bicyclic) bond motifs is 1. The zero-order valence-electron chi connectivity index (χ0n) is 20.7. The third kappa shape index (κ3) is 5.93. The molecule has 2 aromatic carbocycles. The first-order valence-electron chi connectivity index (χ1n) is 12.0. The number of likely N-dealkylation sites (tertiary alicyclic amines) is 1. The summed E-state index contributed by atoms with van der Waals surface area (Å²) in [7, 11) is 1.21. The Kier molecular flexibility index (Phi) is 8.07. The van der Waals surface area contributed by atoms with Crippen LogP contribution in [0.1, 0.15) is 29.0 Å². The smallest absolute Gasteiger partial charge is 0.243 e. The minimum atomic E-state index is -3.31. The van der Waals surface area contributed by atoms with Crippen LogP contribution < -0.4 is 9.46 Å². The Balaban J connectivity index is 0.000000233. The quantitative estimate of drug-likeness (QED) is 0.518. The maximum atomic E-state index is 14.1. The van der Waals surface area contributed by atoms with Crippen molar-refractivity contribution >= 4 is 10.0 Å². The molecule has 2 atom stereocenters. The Bertz CT molecular complexity index is 1310. The van der Waals surface area contributed by atoms with Crippen LogP contribution in [-0.2, 0) is 29.9 Å². The average Bonchev–Trinajstić information content (AvgIpc) is 3.40. The molecule has 36 heavy (non-hydrogen) atoms. The predicted octanol–water partition coefficient (Wildman–Crippen LogP) is 3.51. The van der Waals surface area contributed by atoms with Crippen molar-refractivity contribution in [1.29, 1.82) is 0 Å². The number of nitrogens with zero attached hydrogens (tertiary/aromatic N) is 3. The van der Waals surface area contributed by atoms with E-state index in [1.165, 1.54) is 43.7 Å². The number of halogens is 2. The van der Waals surface area contributed by atoms with Crippen molar-refractivity contribution in [2.24, 2.45) is 13.0 Å². The van der Waals surface area contributed by atoms with E-state index in [9.17, 15) is 17.2 Å². The Morgan fingerprint density at radius 3 is 2.56 bits per heavy atom. The van der Waals surface area contributed by atoms with Gasteiger partial charge in [0.25, 0.3) is 0 Å². The fraction of sp³-hybridized carbons (Fsp3) is 0.423. The van der Waals surface area contributed by atoms with Gasteiger partial charge in [0.05, 0.1) is 13.3 Å². The van der Waals surface area contributed by atoms with Crippen LogP contribution >= 0.6 is 0 Å². The molecule has 2 unspecified atom stereocenters. The molecular formula is C26H32F2N4O3S. The summed E-state index contributed by atoms with van der Waals surface area (Å²) in [6, 6.07) is 10.3. The van der Waals surface area contributed by atoms with Crippen LogP contribution in [0.4, 0.5) is 8.78 Å². The van der Waals surface area contributed by atoms with Gasteiger partial charge in [-0.05, 0) is 92.2 Å². The molecule has 0 spiro atoms. The van der Waals surface area contributed by atoms with Crippen molar-refractivity contribution in [1.82, 2.24) is 19.4 Å². The van der Waals surface area contributed by atoms with Crippen LogP contribution in [0.3, 0.4) is 0 Å². The highest BCUT2D eigenvalue weighted by Gasteiger charge is 2.35. The molecule has 1 N–H and O–H groups in total. The fourth-order valence-corrected chi connectivity index (χ4v) is 5.62. The Hall–Kier alpha value is -2.82. The number of aryl methyl sites for hydroxylation is 1. The number of methoxy groups -OCH3 is 1. The van der Waals surface area contributed by atoms with Crippen molar-refractivity contribution in [3.8, 4) is 5.75 Å². The lowest BCUT2D eigenvalue weighted by atomic mass is 9.86. The molecule has 3 aromatic rings. The predicted molar refractivity (Wildman–Crippen MR) is 134 cm³/mol. The van der Waals surface area contributed by atoms with E-state index < -0.39 is 10.0 Å². The molecule has 10 heteroatoms. The maximum Gasteiger partial charge on any atom is 0.243 e. The lowest BCUT2D eigenvalue weighted by molar-refractivity contribution is 0.145. The zero-order chi connectivity index (χ0) is 25.9. The molecule has 1 fully saturated rings. The minimum Gasteiger partial charge on any atom is -0.494 e. The molecule has 1 aliphatic carbocycles.